The molecule has 0 bridgehead atoms. The Bertz CT molecular complexity index is 298. The van der Waals surface area contributed by atoms with Crippen LogP contribution in [-0.4, -0.2) is 17.6 Å². The fourth-order valence-corrected chi connectivity index (χ4v) is 1.32. The average Bonchev–Trinajstić information content (AvgIpc) is 2.27. The minimum absolute atomic E-state index is 0.00696. The van der Waals surface area contributed by atoms with Gasteiger partial charge in [0, 0.05) is 13.0 Å². The molecule has 0 fully saturated rings. The van der Waals surface area contributed by atoms with Gasteiger partial charge in [0.25, 0.3) is 0 Å². The second-order valence-corrected chi connectivity index (χ2v) is 3.48. The number of amides is 1. The van der Waals surface area contributed by atoms with Crippen molar-refractivity contribution in [3.8, 4) is 0 Å². The van der Waals surface area contributed by atoms with Gasteiger partial charge in [-0.2, -0.15) is 0 Å². The Hall–Kier alpha value is -1.35. The summed E-state index contributed by atoms with van der Waals surface area (Å²) in [7, 11) is 0. The van der Waals surface area contributed by atoms with Crippen LogP contribution in [-0.2, 0) is 4.79 Å². The van der Waals surface area contributed by atoms with Crippen molar-refractivity contribution in [2.45, 2.75) is 25.9 Å². The number of aliphatic hydroxyl groups is 1. The molecule has 0 aliphatic rings. The van der Waals surface area contributed by atoms with E-state index in [1.165, 1.54) is 0 Å². The Labute approximate surface area is 90.1 Å². The monoisotopic (exact) mass is 207 g/mol. The quantitative estimate of drug-likeness (QED) is 0.771. The summed E-state index contributed by atoms with van der Waals surface area (Å²) in [4.78, 5) is 11.2. The zero-order chi connectivity index (χ0) is 11.1. The van der Waals surface area contributed by atoms with E-state index in [4.69, 9.17) is 0 Å². The zero-order valence-electron chi connectivity index (χ0n) is 8.94. The maximum Gasteiger partial charge on any atom is 0.220 e. The van der Waals surface area contributed by atoms with Gasteiger partial charge in [0.05, 0.1) is 6.10 Å². The first-order valence-electron chi connectivity index (χ1n) is 5.23. The lowest BCUT2D eigenvalue weighted by molar-refractivity contribution is -0.121. The molecule has 0 saturated heterocycles. The topological polar surface area (TPSA) is 49.3 Å². The molecule has 0 saturated carbocycles. The molecule has 0 aliphatic carbocycles. The zero-order valence-corrected chi connectivity index (χ0v) is 8.94. The van der Waals surface area contributed by atoms with E-state index in [0.717, 1.165) is 12.0 Å². The summed E-state index contributed by atoms with van der Waals surface area (Å²) in [6, 6.07) is 9.32. The Morgan fingerprint density at radius 3 is 2.67 bits per heavy atom. The van der Waals surface area contributed by atoms with E-state index < -0.39 is 6.10 Å². The van der Waals surface area contributed by atoms with Gasteiger partial charge in [-0.1, -0.05) is 37.3 Å². The lowest BCUT2D eigenvalue weighted by atomic mass is 10.1. The number of hydrogen-bond donors (Lipinski definition) is 2. The highest BCUT2D eigenvalue weighted by molar-refractivity contribution is 5.75. The van der Waals surface area contributed by atoms with Gasteiger partial charge in [0.1, 0.15) is 0 Å². The van der Waals surface area contributed by atoms with Crippen LogP contribution in [0.1, 0.15) is 31.4 Å². The molecule has 3 heteroatoms. The largest absolute Gasteiger partial charge is 0.387 e. The third-order valence-electron chi connectivity index (χ3n) is 2.15. The van der Waals surface area contributed by atoms with Gasteiger partial charge in [-0.05, 0) is 12.0 Å². The number of rotatable bonds is 5. The fourth-order valence-electron chi connectivity index (χ4n) is 1.32. The highest BCUT2D eigenvalue weighted by atomic mass is 16.3. The third-order valence-corrected chi connectivity index (χ3v) is 2.15. The Morgan fingerprint density at radius 1 is 1.40 bits per heavy atom. The summed E-state index contributed by atoms with van der Waals surface area (Å²) in [5, 5.41) is 12.4. The van der Waals surface area contributed by atoms with Crippen LogP contribution in [0.25, 0.3) is 0 Å². The molecule has 0 aromatic heterocycles. The Morgan fingerprint density at radius 2 is 2.07 bits per heavy atom. The van der Waals surface area contributed by atoms with Crippen molar-refractivity contribution >= 4 is 5.91 Å². The van der Waals surface area contributed by atoms with Gasteiger partial charge in [-0.3, -0.25) is 4.79 Å². The van der Waals surface area contributed by atoms with Crippen LogP contribution in [0.2, 0.25) is 0 Å². The Kier molecular flexibility index (Phi) is 4.84. The molecule has 0 heterocycles. The lowest BCUT2D eigenvalue weighted by Crippen LogP contribution is -2.27. The summed E-state index contributed by atoms with van der Waals surface area (Å²) >= 11 is 0. The molecular weight excluding hydrogens is 190 g/mol. The van der Waals surface area contributed by atoms with Gasteiger partial charge in [0.2, 0.25) is 5.91 Å². The predicted molar refractivity (Wildman–Crippen MR) is 59.3 cm³/mol. The molecule has 1 rings (SSSR count). The van der Waals surface area contributed by atoms with Crippen LogP contribution >= 0.6 is 0 Å². The fraction of sp³-hybridized carbons (Fsp3) is 0.417. The number of carbonyl (C=O) groups is 1. The average molecular weight is 207 g/mol. The van der Waals surface area contributed by atoms with Crippen molar-refractivity contribution < 1.29 is 9.90 Å². The summed E-state index contributed by atoms with van der Waals surface area (Å²) in [6.07, 6.45) is 0.724. The van der Waals surface area contributed by atoms with Crippen LogP contribution in [0.5, 0.6) is 0 Å². The van der Waals surface area contributed by atoms with E-state index in [1.807, 2.05) is 37.3 Å². The van der Waals surface area contributed by atoms with Gasteiger partial charge >= 0.3 is 0 Å². The molecule has 2 N–H and O–H groups in total. The van der Waals surface area contributed by atoms with Crippen molar-refractivity contribution in [3.05, 3.63) is 35.9 Å². The van der Waals surface area contributed by atoms with Gasteiger partial charge < -0.3 is 10.4 Å². The van der Waals surface area contributed by atoms with E-state index in [2.05, 4.69) is 5.32 Å². The second kappa shape index (κ2) is 6.19. The molecule has 0 aliphatic heterocycles. The lowest BCUT2D eigenvalue weighted by Gasteiger charge is -2.11. The van der Waals surface area contributed by atoms with Crippen molar-refractivity contribution in [2.24, 2.45) is 0 Å². The molecule has 1 atom stereocenters. The summed E-state index contributed by atoms with van der Waals surface area (Å²) in [6.45, 7) is 2.23. The molecule has 1 amide bonds. The van der Waals surface area contributed by atoms with Crippen molar-refractivity contribution in [2.75, 3.05) is 6.54 Å². The van der Waals surface area contributed by atoms with E-state index in [1.54, 1.807) is 0 Å². The Balaban J connectivity index is 2.37. The van der Waals surface area contributed by atoms with Crippen LogP contribution in [0.3, 0.4) is 0 Å². The highest BCUT2D eigenvalue weighted by Gasteiger charge is 2.07. The first-order chi connectivity index (χ1) is 7.24. The van der Waals surface area contributed by atoms with E-state index in [9.17, 15) is 9.90 Å². The molecule has 0 radical (unpaired) electrons. The molecule has 3 nitrogen and oxygen atoms in total. The van der Waals surface area contributed by atoms with Crippen LogP contribution in [0, 0.1) is 0 Å². The van der Waals surface area contributed by atoms with E-state index >= 15 is 0 Å². The van der Waals surface area contributed by atoms with Gasteiger partial charge in [-0.25, -0.2) is 0 Å². The third kappa shape index (κ3) is 4.13. The number of carbonyl (C=O) groups excluding carboxylic acids is 1. The van der Waals surface area contributed by atoms with Crippen LogP contribution in [0.15, 0.2) is 30.3 Å². The maximum atomic E-state index is 11.2. The molecule has 1 aromatic rings. The van der Waals surface area contributed by atoms with Gasteiger partial charge in [0.15, 0.2) is 0 Å². The summed E-state index contributed by atoms with van der Waals surface area (Å²) in [5.41, 5.74) is 0.828. The van der Waals surface area contributed by atoms with Crippen molar-refractivity contribution in [3.63, 3.8) is 0 Å². The van der Waals surface area contributed by atoms with Crippen molar-refractivity contribution in [1.29, 1.82) is 0 Å². The van der Waals surface area contributed by atoms with Crippen LogP contribution < -0.4 is 5.32 Å². The molecule has 0 spiro atoms. The number of aliphatic hydroxyl groups excluding tert-OH is 1. The predicted octanol–water partition coefficient (Wildman–Crippen LogP) is 1.64. The molecular formula is C12H17NO2. The first-order valence-corrected chi connectivity index (χ1v) is 5.23. The number of nitrogens with one attached hydrogen (secondary N) is 1. The SMILES string of the molecule is CCCC(=O)NC[C@H](O)c1ccccc1. The molecule has 82 valence electrons. The first kappa shape index (κ1) is 11.7. The molecule has 0 unspecified atom stereocenters. The second-order valence-electron chi connectivity index (χ2n) is 3.48. The van der Waals surface area contributed by atoms with Gasteiger partial charge in [-0.15, -0.1) is 0 Å². The van der Waals surface area contributed by atoms with Crippen molar-refractivity contribution in [1.82, 2.24) is 5.32 Å². The smallest absolute Gasteiger partial charge is 0.220 e. The molecule has 15 heavy (non-hydrogen) atoms. The van der Waals surface area contributed by atoms with E-state index in [-0.39, 0.29) is 12.5 Å². The number of hydrogen-bond acceptors (Lipinski definition) is 2. The normalized spacial score (nSPS) is 12.1. The minimum atomic E-state index is -0.619. The summed E-state index contributed by atoms with van der Waals surface area (Å²) < 4.78 is 0. The minimum Gasteiger partial charge on any atom is -0.387 e. The standard InChI is InChI=1S/C12H17NO2/c1-2-6-12(15)13-9-11(14)10-7-4-3-5-8-10/h3-5,7-8,11,14H,2,6,9H2,1H3,(H,13,15)/t11-/m0/s1. The summed E-state index contributed by atoms with van der Waals surface area (Å²) in [5.74, 6) is -0.00696. The van der Waals surface area contributed by atoms with E-state index in [0.29, 0.717) is 6.42 Å². The number of benzene rings is 1. The maximum absolute atomic E-state index is 11.2. The highest BCUT2D eigenvalue weighted by Crippen LogP contribution is 2.10. The molecule has 1 aromatic carbocycles. The van der Waals surface area contributed by atoms with Crippen LogP contribution in [0.4, 0.5) is 0 Å².